The summed E-state index contributed by atoms with van der Waals surface area (Å²) in [6, 6.07) is 11.5. The van der Waals surface area contributed by atoms with Gasteiger partial charge in [0.05, 0.1) is 11.9 Å². The van der Waals surface area contributed by atoms with E-state index in [1.54, 1.807) is 34.9 Å². The van der Waals surface area contributed by atoms with Crippen molar-refractivity contribution in [3.8, 4) is 23.1 Å². The van der Waals surface area contributed by atoms with Crippen molar-refractivity contribution < 1.29 is 9.13 Å². The first-order chi connectivity index (χ1) is 17.5. The maximum Gasteiger partial charge on any atom is 0.261 e. The van der Waals surface area contributed by atoms with Gasteiger partial charge < -0.3 is 9.64 Å². The number of aromatic nitrogens is 4. The number of fused-ring (bicyclic) bond motifs is 2. The van der Waals surface area contributed by atoms with Gasteiger partial charge in [0, 0.05) is 48.8 Å². The fourth-order valence-corrected chi connectivity index (χ4v) is 5.03. The Kier molecular flexibility index (Phi) is 5.53. The number of hydrogen-bond acceptors (Lipinski definition) is 7. The second-order valence-corrected chi connectivity index (χ2v) is 9.34. The van der Waals surface area contributed by atoms with E-state index in [2.05, 4.69) is 4.98 Å². The lowest BCUT2D eigenvalue weighted by atomic mass is 10.1. The number of ether oxygens (including phenoxy) is 1. The summed E-state index contributed by atoms with van der Waals surface area (Å²) in [5.74, 6) is 1.30. The summed E-state index contributed by atoms with van der Waals surface area (Å²) < 4.78 is 22.8. The van der Waals surface area contributed by atoms with Crippen LogP contribution < -0.4 is 15.2 Å². The number of nitrogens with zero attached hydrogens (tertiary/aromatic N) is 6. The normalized spacial score (nSPS) is 16.8. The monoisotopic (exact) mass is 502 g/mol. The topological polar surface area (TPSA) is 96.9 Å². The van der Waals surface area contributed by atoms with Crippen LogP contribution in [0.15, 0.2) is 47.4 Å². The lowest BCUT2D eigenvalue weighted by Crippen LogP contribution is -2.26. The molecule has 36 heavy (non-hydrogen) atoms. The van der Waals surface area contributed by atoms with E-state index in [-0.39, 0.29) is 27.9 Å². The molecule has 4 aromatic rings. The van der Waals surface area contributed by atoms with E-state index in [9.17, 15) is 4.79 Å². The van der Waals surface area contributed by atoms with E-state index >= 15 is 4.39 Å². The van der Waals surface area contributed by atoms with Gasteiger partial charge in [0.2, 0.25) is 0 Å². The zero-order valence-corrected chi connectivity index (χ0v) is 19.9. The average molecular weight is 503 g/mol. The molecule has 5 heterocycles. The molecule has 0 amide bonds. The van der Waals surface area contributed by atoms with Gasteiger partial charge in [-0.15, -0.1) is 0 Å². The van der Waals surface area contributed by atoms with Crippen LogP contribution in [0.5, 0.6) is 5.75 Å². The summed E-state index contributed by atoms with van der Waals surface area (Å²) >= 11 is 5.99. The molecule has 2 aliphatic rings. The molecule has 0 bridgehead atoms. The molecule has 6 rings (SSSR count). The van der Waals surface area contributed by atoms with E-state index in [0.717, 1.165) is 12.8 Å². The minimum Gasteiger partial charge on any atom is -0.488 e. The molecule has 3 aromatic heterocycles. The van der Waals surface area contributed by atoms with E-state index in [0.29, 0.717) is 60.0 Å². The Balaban J connectivity index is 1.41. The summed E-state index contributed by atoms with van der Waals surface area (Å²) in [6.45, 7) is 1.78. The molecule has 1 saturated heterocycles. The van der Waals surface area contributed by atoms with Crippen molar-refractivity contribution in [1.29, 1.82) is 5.26 Å². The molecule has 0 aliphatic carbocycles. The van der Waals surface area contributed by atoms with Crippen LogP contribution in [0.3, 0.4) is 0 Å². The Morgan fingerprint density at radius 3 is 2.89 bits per heavy atom. The van der Waals surface area contributed by atoms with Crippen LogP contribution in [0.1, 0.15) is 24.4 Å². The Morgan fingerprint density at radius 1 is 1.17 bits per heavy atom. The SMILES string of the molecule is N#Cc1cc(O[C@@H]2CCN(c3cc4c(=O)n5c(nc4c(-c4ccc(Cl)cc4F)n3)CCC5)C2)ccn1. The van der Waals surface area contributed by atoms with Crippen LogP contribution >= 0.6 is 11.6 Å². The number of halogens is 2. The average Bonchev–Trinajstić information content (AvgIpc) is 3.54. The molecule has 0 radical (unpaired) electrons. The largest absolute Gasteiger partial charge is 0.488 e. The van der Waals surface area contributed by atoms with Crippen LogP contribution in [-0.2, 0) is 13.0 Å². The zero-order chi connectivity index (χ0) is 24.8. The van der Waals surface area contributed by atoms with Crippen molar-refractivity contribution in [1.82, 2.24) is 19.5 Å². The minimum atomic E-state index is -0.524. The van der Waals surface area contributed by atoms with E-state index in [1.807, 2.05) is 11.0 Å². The molecule has 1 fully saturated rings. The molecule has 0 saturated carbocycles. The Morgan fingerprint density at radius 2 is 2.06 bits per heavy atom. The number of aryl methyl sites for hydroxylation is 1. The first-order valence-corrected chi connectivity index (χ1v) is 12.1. The van der Waals surface area contributed by atoms with Gasteiger partial charge in [0.15, 0.2) is 0 Å². The molecule has 10 heteroatoms. The van der Waals surface area contributed by atoms with E-state index in [4.69, 9.17) is 31.6 Å². The second-order valence-electron chi connectivity index (χ2n) is 8.90. The van der Waals surface area contributed by atoms with Crippen LogP contribution in [0.25, 0.3) is 22.2 Å². The molecule has 2 aliphatic heterocycles. The predicted molar refractivity (Wildman–Crippen MR) is 133 cm³/mol. The Labute approximate surface area is 210 Å². The van der Waals surface area contributed by atoms with Crippen molar-refractivity contribution in [3.63, 3.8) is 0 Å². The van der Waals surface area contributed by atoms with Gasteiger partial charge in [0.1, 0.15) is 52.3 Å². The van der Waals surface area contributed by atoms with Gasteiger partial charge in [-0.3, -0.25) is 9.36 Å². The summed E-state index contributed by atoms with van der Waals surface area (Å²) in [4.78, 5) is 28.9. The van der Waals surface area contributed by atoms with Gasteiger partial charge in [-0.2, -0.15) is 5.26 Å². The zero-order valence-electron chi connectivity index (χ0n) is 19.1. The third-order valence-corrected chi connectivity index (χ3v) is 6.83. The van der Waals surface area contributed by atoms with Crippen molar-refractivity contribution in [2.24, 2.45) is 0 Å². The maximum atomic E-state index is 15.0. The highest BCUT2D eigenvalue weighted by atomic mass is 35.5. The van der Waals surface area contributed by atoms with Crippen molar-refractivity contribution in [2.45, 2.75) is 31.9 Å². The molecule has 8 nitrogen and oxygen atoms in total. The number of anilines is 1. The fourth-order valence-electron chi connectivity index (χ4n) is 4.87. The van der Waals surface area contributed by atoms with Crippen molar-refractivity contribution in [3.05, 3.63) is 75.3 Å². The predicted octanol–water partition coefficient (Wildman–Crippen LogP) is 4.12. The minimum absolute atomic E-state index is 0.139. The van der Waals surface area contributed by atoms with Crippen LogP contribution in [0.2, 0.25) is 5.02 Å². The lowest BCUT2D eigenvalue weighted by Gasteiger charge is -2.20. The highest BCUT2D eigenvalue weighted by molar-refractivity contribution is 6.30. The third kappa shape index (κ3) is 3.93. The van der Waals surface area contributed by atoms with Gasteiger partial charge in [-0.05, 0) is 36.8 Å². The van der Waals surface area contributed by atoms with Crippen LogP contribution in [-0.4, -0.2) is 38.7 Å². The van der Waals surface area contributed by atoms with E-state index in [1.165, 1.54) is 12.3 Å². The number of rotatable bonds is 4. The second kappa shape index (κ2) is 8.88. The van der Waals surface area contributed by atoms with Gasteiger partial charge in [-0.1, -0.05) is 11.6 Å². The molecule has 1 atom stereocenters. The molecule has 180 valence electrons. The molecule has 0 N–H and O–H groups in total. The summed E-state index contributed by atoms with van der Waals surface area (Å²) in [6.07, 6.45) is 3.65. The Hall–Kier alpha value is -4.03. The quantitative estimate of drug-likeness (QED) is 0.414. The first-order valence-electron chi connectivity index (χ1n) is 11.7. The molecular weight excluding hydrogens is 483 g/mol. The van der Waals surface area contributed by atoms with Gasteiger partial charge >= 0.3 is 0 Å². The summed E-state index contributed by atoms with van der Waals surface area (Å²) in [5.41, 5.74) is 1.11. The standard InChI is InChI=1S/C26H20ClFN6O2/c27-15-3-4-19(21(28)10-15)24-25-20(26(35)34-8-1-2-22(34)31-25)12-23(32-24)33-9-6-18(14-33)36-17-5-7-30-16(11-17)13-29/h3-5,7,10-12,18H,1-2,6,8-9,14H2/t18-/m1/s1. The fraction of sp³-hybridized carbons (Fsp3) is 0.269. The number of benzene rings is 1. The number of nitriles is 1. The summed E-state index contributed by atoms with van der Waals surface area (Å²) in [7, 11) is 0. The Bertz CT molecular complexity index is 1620. The maximum absolute atomic E-state index is 15.0. The highest BCUT2D eigenvalue weighted by Gasteiger charge is 2.28. The van der Waals surface area contributed by atoms with Gasteiger partial charge in [0.25, 0.3) is 5.56 Å². The van der Waals surface area contributed by atoms with Crippen molar-refractivity contribution in [2.75, 3.05) is 18.0 Å². The number of hydrogen-bond donors (Lipinski definition) is 0. The number of pyridine rings is 2. The van der Waals surface area contributed by atoms with Crippen LogP contribution in [0, 0.1) is 17.1 Å². The molecule has 0 unspecified atom stereocenters. The van der Waals surface area contributed by atoms with E-state index < -0.39 is 5.82 Å². The smallest absolute Gasteiger partial charge is 0.261 e. The van der Waals surface area contributed by atoms with Crippen LogP contribution in [0.4, 0.5) is 10.2 Å². The third-order valence-electron chi connectivity index (χ3n) is 6.59. The molecule has 1 aromatic carbocycles. The molecule has 0 spiro atoms. The first kappa shape index (κ1) is 22.4. The highest BCUT2D eigenvalue weighted by Crippen LogP contribution is 2.33. The summed E-state index contributed by atoms with van der Waals surface area (Å²) in [5, 5.41) is 9.77. The van der Waals surface area contributed by atoms with Crippen molar-refractivity contribution >= 4 is 28.3 Å². The lowest BCUT2D eigenvalue weighted by molar-refractivity contribution is 0.224. The van der Waals surface area contributed by atoms with Gasteiger partial charge in [-0.25, -0.2) is 19.3 Å². The molecular formula is C26H20ClFN6O2.